The van der Waals surface area contributed by atoms with E-state index in [-0.39, 0.29) is 0 Å². The molecule has 80 valence electrons. The van der Waals surface area contributed by atoms with Gasteiger partial charge in [-0.15, -0.1) is 11.3 Å². The molecule has 0 fully saturated rings. The monoisotopic (exact) mass is 221 g/mol. The molecule has 0 bridgehead atoms. The van der Waals surface area contributed by atoms with E-state index in [1.54, 1.807) is 0 Å². The summed E-state index contributed by atoms with van der Waals surface area (Å²) in [7, 11) is 0. The third-order valence-corrected chi connectivity index (χ3v) is 3.50. The molecule has 0 radical (unpaired) electrons. The average molecular weight is 221 g/mol. The van der Waals surface area contributed by atoms with Gasteiger partial charge in [0, 0.05) is 21.6 Å². The lowest BCUT2D eigenvalue weighted by Gasteiger charge is -1.99. The van der Waals surface area contributed by atoms with Crippen molar-refractivity contribution in [3.05, 3.63) is 33.3 Å². The first-order valence-corrected chi connectivity index (χ1v) is 5.78. The van der Waals surface area contributed by atoms with Gasteiger partial charge in [-0.2, -0.15) is 0 Å². The van der Waals surface area contributed by atoms with Crippen molar-refractivity contribution in [1.82, 2.24) is 9.97 Å². The van der Waals surface area contributed by atoms with Crippen LogP contribution in [-0.4, -0.2) is 9.97 Å². The van der Waals surface area contributed by atoms with Gasteiger partial charge in [-0.25, -0.2) is 4.98 Å². The van der Waals surface area contributed by atoms with Crippen molar-refractivity contribution in [2.24, 2.45) is 0 Å². The summed E-state index contributed by atoms with van der Waals surface area (Å²) in [6.45, 7) is 7.14. The molecular formula is C11H15N3S. The number of nitrogens with zero attached hydrogens (tertiary/aromatic N) is 1. The van der Waals surface area contributed by atoms with Crippen molar-refractivity contribution in [3.63, 3.8) is 0 Å². The predicted octanol–water partition coefficient (Wildman–Crippen LogP) is 3.01. The van der Waals surface area contributed by atoms with Gasteiger partial charge in [-0.3, -0.25) is 0 Å². The number of imidazole rings is 1. The Morgan fingerprint density at radius 2 is 2.20 bits per heavy atom. The van der Waals surface area contributed by atoms with Crippen LogP contribution in [0.2, 0.25) is 0 Å². The molecule has 0 aliphatic heterocycles. The van der Waals surface area contributed by atoms with Crippen molar-refractivity contribution in [2.75, 3.05) is 5.32 Å². The van der Waals surface area contributed by atoms with Crippen LogP contribution in [0.15, 0.2) is 12.3 Å². The Balaban J connectivity index is 1.99. The number of hydrogen-bond donors (Lipinski definition) is 2. The number of hydrogen-bond acceptors (Lipinski definition) is 3. The molecule has 4 heteroatoms. The minimum Gasteiger partial charge on any atom is -0.351 e. The fourth-order valence-corrected chi connectivity index (χ4v) is 2.40. The Morgan fingerprint density at radius 1 is 1.40 bits per heavy atom. The molecule has 0 unspecified atom stereocenters. The topological polar surface area (TPSA) is 40.7 Å². The average Bonchev–Trinajstić information content (AvgIpc) is 2.72. The maximum Gasteiger partial charge on any atom is 0.200 e. The van der Waals surface area contributed by atoms with E-state index in [0.717, 1.165) is 18.2 Å². The number of aromatic amines is 1. The first kappa shape index (κ1) is 10.2. The van der Waals surface area contributed by atoms with Gasteiger partial charge in [0.15, 0.2) is 0 Å². The molecule has 2 N–H and O–H groups in total. The van der Waals surface area contributed by atoms with Crippen LogP contribution in [0.1, 0.15) is 21.0 Å². The van der Waals surface area contributed by atoms with Gasteiger partial charge < -0.3 is 10.3 Å². The van der Waals surface area contributed by atoms with Gasteiger partial charge in [0.2, 0.25) is 5.95 Å². The minimum atomic E-state index is 0.840. The second-order valence-electron chi connectivity index (χ2n) is 3.72. The fraction of sp³-hybridized carbons (Fsp3) is 0.364. The van der Waals surface area contributed by atoms with Crippen LogP contribution in [0, 0.1) is 20.8 Å². The molecule has 2 aromatic rings. The third-order valence-electron chi connectivity index (χ3n) is 2.35. The highest BCUT2D eigenvalue weighted by Gasteiger charge is 2.02. The summed E-state index contributed by atoms with van der Waals surface area (Å²) in [5, 5.41) is 3.27. The van der Waals surface area contributed by atoms with E-state index >= 15 is 0 Å². The standard InChI is InChI=1S/C11H15N3S/c1-7-4-10(15-9(7)3)6-13-11-12-5-8(2)14-11/h4-5H,6H2,1-3H3,(H2,12,13,14). The van der Waals surface area contributed by atoms with E-state index in [9.17, 15) is 0 Å². The van der Waals surface area contributed by atoms with Gasteiger partial charge in [-0.05, 0) is 32.4 Å². The highest BCUT2D eigenvalue weighted by atomic mass is 32.1. The number of H-pyrrole nitrogens is 1. The summed E-state index contributed by atoms with van der Waals surface area (Å²) < 4.78 is 0. The third kappa shape index (κ3) is 2.39. The molecule has 0 atom stereocenters. The molecule has 2 rings (SSSR count). The SMILES string of the molecule is Cc1cnc(NCc2cc(C)c(C)s2)[nH]1. The summed E-state index contributed by atoms with van der Waals surface area (Å²) in [4.78, 5) is 10.1. The molecule has 0 spiro atoms. The quantitative estimate of drug-likeness (QED) is 0.836. The molecular weight excluding hydrogens is 206 g/mol. The van der Waals surface area contributed by atoms with Gasteiger partial charge in [0.25, 0.3) is 0 Å². The van der Waals surface area contributed by atoms with Crippen LogP contribution in [-0.2, 0) is 6.54 Å². The highest BCUT2D eigenvalue weighted by molar-refractivity contribution is 7.12. The number of thiophene rings is 1. The van der Waals surface area contributed by atoms with E-state index < -0.39 is 0 Å². The molecule has 0 amide bonds. The van der Waals surface area contributed by atoms with Crippen molar-refractivity contribution < 1.29 is 0 Å². The van der Waals surface area contributed by atoms with Crippen molar-refractivity contribution >= 4 is 17.3 Å². The molecule has 0 aliphatic carbocycles. The van der Waals surface area contributed by atoms with E-state index in [1.807, 2.05) is 24.5 Å². The Labute approximate surface area is 93.6 Å². The molecule has 0 aliphatic rings. The highest BCUT2D eigenvalue weighted by Crippen LogP contribution is 2.21. The number of anilines is 1. The Kier molecular flexibility index (Phi) is 2.77. The van der Waals surface area contributed by atoms with Crippen LogP contribution in [0.4, 0.5) is 5.95 Å². The van der Waals surface area contributed by atoms with Crippen LogP contribution < -0.4 is 5.32 Å². The normalized spacial score (nSPS) is 10.6. The van der Waals surface area contributed by atoms with Gasteiger partial charge >= 0.3 is 0 Å². The summed E-state index contributed by atoms with van der Waals surface area (Å²) in [5.74, 6) is 0.844. The largest absolute Gasteiger partial charge is 0.351 e. The van der Waals surface area contributed by atoms with Crippen molar-refractivity contribution in [2.45, 2.75) is 27.3 Å². The van der Waals surface area contributed by atoms with Crippen LogP contribution >= 0.6 is 11.3 Å². The predicted molar refractivity (Wildman–Crippen MR) is 64.4 cm³/mol. The van der Waals surface area contributed by atoms with Gasteiger partial charge in [0.05, 0.1) is 6.54 Å². The van der Waals surface area contributed by atoms with E-state index in [1.165, 1.54) is 15.3 Å². The smallest absolute Gasteiger partial charge is 0.200 e. The minimum absolute atomic E-state index is 0.840. The number of rotatable bonds is 3. The van der Waals surface area contributed by atoms with Crippen LogP contribution in [0.5, 0.6) is 0 Å². The zero-order valence-corrected chi connectivity index (χ0v) is 10.0. The first-order chi connectivity index (χ1) is 7.15. The zero-order chi connectivity index (χ0) is 10.8. The fourth-order valence-electron chi connectivity index (χ4n) is 1.41. The molecule has 2 aromatic heterocycles. The molecule has 0 aromatic carbocycles. The molecule has 15 heavy (non-hydrogen) atoms. The Hall–Kier alpha value is -1.29. The number of aromatic nitrogens is 2. The Morgan fingerprint density at radius 3 is 2.73 bits per heavy atom. The lowest BCUT2D eigenvalue weighted by molar-refractivity contribution is 1.11. The Bertz CT molecular complexity index is 437. The lowest BCUT2D eigenvalue weighted by atomic mass is 10.3. The summed E-state index contributed by atoms with van der Waals surface area (Å²) in [6.07, 6.45) is 1.83. The summed E-state index contributed by atoms with van der Waals surface area (Å²) in [6, 6.07) is 2.22. The lowest BCUT2D eigenvalue weighted by Crippen LogP contribution is -1.98. The second-order valence-corrected chi connectivity index (χ2v) is 5.06. The summed E-state index contributed by atoms with van der Waals surface area (Å²) in [5.41, 5.74) is 2.45. The first-order valence-electron chi connectivity index (χ1n) is 4.96. The van der Waals surface area contributed by atoms with Gasteiger partial charge in [0.1, 0.15) is 0 Å². The molecule has 0 saturated carbocycles. The van der Waals surface area contributed by atoms with Crippen molar-refractivity contribution in [3.8, 4) is 0 Å². The van der Waals surface area contributed by atoms with Gasteiger partial charge in [-0.1, -0.05) is 0 Å². The number of aryl methyl sites for hydroxylation is 3. The zero-order valence-electron chi connectivity index (χ0n) is 9.22. The summed E-state index contributed by atoms with van der Waals surface area (Å²) >= 11 is 1.84. The van der Waals surface area contributed by atoms with E-state index in [4.69, 9.17) is 0 Å². The van der Waals surface area contributed by atoms with Crippen LogP contribution in [0.25, 0.3) is 0 Å². The van der Waals surface area contributed by atoms with E-state index in [0.29, 0.717) is 0 Å². The second kappa shape index (κ2) is 4.06. The molecule has 2 heterocycles. The van der Waals surface area contributed by atoms with E-state index in [2.05, 4.69) is 35.2 Å². The molecule has 3 nitrogen and oxygen atoms in total. The number of nitrogens with one attached hydrogen (secondary N) is 2. The van der Waals surface area contributed by atoms with Crippen molar-refractivity contribution in [1.29, 1.82) is 0 Å². The molecule has 0 saturated heterocycles. The van der Waals surface area contributed by atoms with Crippen LogP contribution in [0.3, 0.4) is 0 Å². The maximum atomic E-state index is 4.20. The maximum absolute atomic E-state index is 4.20.